The first kappa shape index (κ1) is 12.9. The highest BCUT2D eigenvalue weighted by Gasteiger charge is 2.12. The first-order valence-electron chi connectivity index (χ1n) is 4.00. The van der Waals surface area contributed by atoms with E-state index in [1.807, 2.05) is 6.92 Å². The lowest BCUT2D eigenvalue weighted by atomic mass is 10.2. The third kappa shape index (κ3) is 2.92. The molecule has 0 saturated carbocycles. The molecule has 0 spiro atoms. The van der Waals surface area contributed by atoms with Crippen LogP contribution >= 0.6 is 43.5 Å². The summed E-state index contributed by atoms with van der Waals surface area (Å²) in [7, 11) is 0. The van der Waals surface area contributed by atoms with Gasteiger partial charge in [-0.05, 0) is 50.4 Å². The van der Waals surface area contributed by atoms with Gasteiger partial charge in [-0.25, -0.2) is 9.38 Å². The van der Waals surface area contributed by atoms with E-state index in [2.05, 4.69) is 36.9 Å². The Bertz CT molecular complexity index is 421. The van der Waals surface area contributed by atoms with Crippen LogP contribution in [0.25, 0.3) is 0 Å². The smallest absolute Gasteiger partial charge is 0.153 e. The highest BCUT2D eigenvalue weighted by Crippen LogP contribution is 2.35. The second-order valence-corrected chi connectivity index (χ2v) is 4.80. The van der Waals surface area contributed by atoms with Gasteiger partial charge in [0.15, 0.2) is 5.82 Å². The number of aryl methyl sites for hydroxylation is 1. The van der Waals surface area contributed by atoms with Gasteiger partial charge in [-0.1, -0.05) is 0 Å². The van der Waals surface area contributed by atoms with Gasteiger partial charge in [0, 0.05) is 0 Å². The number of benzene rings is 1. The molecule has 0 aliphatic heterocycles. The van der Waals surface area contributed by atoms with Crippen LogP contribution in [0.3, 0.4) is 0 Å². The quantitative estimate of drug-likeness (QED) is 0.370. The van der Waals surface area contributed by atoms with E-state index < -0.39 is 5.82 Å². The zero-order valence-corrected chi connectivity index (χ0v) is 11.7. The average Bonchev–Trinajstić information content (AvgIpc) is 2.21. The molecule has 0 fully saturated rings. The minimum atomic E-state index is -0.401. The van der Waals surface area contributed by atoms with Crippen LogP contribution in [0.1, 0.15) is 5.56 Å². The van der Waals surface area contributed by atoms with Crippen LogP contribution in [0.15, 0.2) is 20.0 Å². The van der Waals surface area contributed by atoms with Crippen molar-refractivity contribution in [3.8, 4) is 0 Å². The van der Waals surface area contributed by atoms with Crippen molar-refractivity contribution in [3.05, 3.63) is 26.4 Å². The second-order valence-electron chi connectivity index (χ2n) is 2.89. The summed E-state index contributed by atoms with van der Waals surface area (Å²) in [5.41, 5.74) is 6.77. The van der Waals surface area contributed by atoms with E-state index in [0.717, 1.165) is 5.56 Å². The summed E-state index contributed by atoms with van der Waals surface area (Å²) in [4.78, 5) is 4.03. The van der Waals surface area contributed by atoms with Gasteiger partial charge in [-0.2, -0.15) is 0 Å². The number of nitrogens with two attached hydrogens (primary N) is 1. The molecule has 0 saturated heterocycles. The Labute approximate surface area is 109 Å². The van der Waals surface area contributed by atoms with Crippen molar-refractivity contribution < 1.29 is 4.39 Å². The minimum absolute atomic E-state index is 0.115. The van der Waals surface area contributed by atoms with Crippen molar-refractivity contribution in [3.63, 3.8) is 0 Å². The fourth-order valence-corrected chi connectivity index (χ4v) is 2.50. The molecule has 15 heavy (non-hydrogen) atoms. The topological polar surface area (TPSA) is 38.4 Å². The van der Waals surface area contributed by atoms with Gasteiger partial charge in [0.2, 0.25) is 0 Å². The molecular formula is C9H8Br2ClFN2. The standard InChI is InChI=1S/C9H8Br2ClFN2/c1-4-2-5(10)8(13)7(11)9(4)15-6(14)3-12/h2H,3H2,1H3,(H2,14,15). The first-order valence-corrected chi connectivity index (χ1v) is 6.12. The van der Waals surface area contributed by atoms with E-state index in [1.165, 1.54) is 0 Å². The SMILES string of the molecule is Cc1cc(Br)c(F)c(Br)c1N=C(N)CCl. The summed E-state index contributed by atoms with van der Waals surface area (Å²) < 4.78 is 14.2. The van der Waals surface area contributed by atoms with E-state index in [9.17, 15) is 4.39 Å². The molecule has 0 bridgehead atoms. The van der Waals surface area contributed by atoms with E-state index in [4.69, 9.17) is 17.3 Å². The number of rotatable bonds is 2. The van der Waals surface area contributed by atoms with Crippen LogP contribution in [-0.4, -0.2) is 11.7 Å². The normalized spacial score (nSPS) is 11.9. The fraction of sp³-hybridized carbons (Fsp3) is 0.222. The predicted molar refractivity (Wildman–Crippen MR) is 68.5 cm³/mol. The zero-order valence-electron chi connectivity index (χ0n) is 7.82. The number of nitrogens with zero attached hydrogens (tertiary/aromatic N) is 1. The predicted octanol–water partition coefficient (Wildman–Crippen LogP) is 3.89. The number of aliphatic imine (C=N–C) groups is 1. The van der Waals surface area contributed by atoms with Crippen LogP contribution < -0.4 is 5.73 Å². The Hall–Kier alpha value is -0.130. The molecule has 0 aliphatic carbocycles. The number of amidine groups is 1. The number of halogens is 4. The van der Waals surface area contributed by atoms with Gasteiger partial charge in [0.05, 0.1) is 20.5 Å². The van der Waals surface area contributed by atoms with Crippen LogP contribution in [-0.2, 0) is 0 Å². The average molecular weight is 358 g/mol. The molecule has 1 rings (SSSR count). The van der Waals surface area contributed by atoms with E-state index >= 15 is 0 Å². The largest absolute Gasteiger partial charge is 0.386 e. The molecule has 0 amide bonds. The van der Waals surface area contributed by atoms with Gasteiger partial charge in [-0.15, -0.1) is 11.6 Å². The third-order valence-electron chi connectivity index (χ3n) is 1.72. The maximum absolute atomic E-state index is 13.5. The van der Waals surface area contributed by atoms with Gasteiger partial charge in [0.25, 0.3) is 0 Å². The molecule has 1 aromatic rings. The molecular weight excluding hydrogens is 350 g/mol. The molecule has 0 heterocycles. The van der Waals surface area contributed by atoms with Crippen molar-refractivity contribution in [2.24, 2.45) is 10.7 Å². The summed E-state index contributed by atoms with van der Waals surface area (Å²) in [6.07, 6.45) is 0. The Morgan fingerprint density at radius 2 is 2.20 bits per heavy atom. The Morgan fingerprint density at radius 1 is 1.60 bits per heavy atom. The molecule has 2 N–H and O–H groups in total. The van der Waals surface area contributed by atoms with Crippen molar-refractivity contribution in [2.45, 2.75) is 6.92 Å². The number of hydrogen-bond donors (Lipinski definition) is 1. The Kier molecular flexibility index (Phi) is 4.55. The van der Waals surface area contributed by atoms with Crippen LogP contribution in [0.2, 0.25) is 0 Å². The zero-order chi connectivity index (χ0) is 11.6. The molecule has 6 heteroatoms. The molecule has 82 valence electrons. The van der Waals surface area contributed by atoms with Gasteiger partial charge in [-0.3, -0.25) is 0 Å². The summed E-state index contributed by atoms with van der Waals surface area (Å²) in [5, 5.41) is 0. The van der Waals surface area contributed by atoms with Crippen LogP contribution in [0, 0.1) is 12.7 Å². The lowest BCUT2D eigenvalue weighted by Crippen LogP contribution is -2.12. The van der Waals surface area contributed by atoms with Crippen molar-refractivity contribution in [1.82, 2.24) is 0 Å². The van der Waals surface area contributed by atoms with Crippen molar-refractivity contribution in [1.29, 1.82) is 0 Å². The lowest BCUT2D eigenvalue weighted by Gasteiger charge is -2.07. The van der Waals surface area contributed by atoms with Crippen LogP contribution in [0.4, 0.5) is 10.1 Å². The molecule has 0 atom stereocenters. The number of hydrogen-bond acceptors (Lipinski definition) is 1. The lowest BCUT2D eigenvalue weighted by molar-refractivity contribution is 0.614. The van der Waals surface area contributed by atoms with E-state index in [0.29, 0.717) is 10.2 Å². The molecule has 0 aromatic heterocycles. The second kappa shape index (κ2) is 5.27. The Morgan fingerprint density at radius 3 is 2.73 bits per heavy atom. The minimum Gasteiger partial charge on any atom is -0.386 e. The van der Waals surface area contributed by atoms with E-state index in [-0.39, 0.29) is 16.2 Å². The van der Waals surface area contributed by atoms with E-state index in [1.54, 1.807) is 6.07 Å². The number of alkyl halides is 1. The molecule has 1 aromatic carbocycles. The summed E-state index contributed by atoms with van der Waals surface area (Å²) in [6.45, 7) is 1.81. The molecule has 0 radical (unpaired) electrons. The monoisotopic (exact) mass is 356 g/mol. The first-order chi connectivity index (χ1) is 6.97. The highest BCUT2D eigenvalue weighted by atomic mass is 79.9. The van der Waals surface area contributed by atoms with Crippen molar-refractivity contribution >= 4 is 55.0 Å². The molecule has 2 nitrogen and oxygen atoms in total. The maximum atomic E-state index is 13.5. The maximum Gasteiger partial charge on any atom is 0.153 e. The molecule has 0 unspecified atom stereocenters. The molecule has 0 aliphatic rings. The summed E-state index contributed by atoms with van der Waals surface area (Å²) >= 11 is 11.7. The summed E-state index contributed by atoms with van der Waals surface area (Å²) in [6, 6.07) is 1.64. The van der Waals surface area contributed by atoms with Gasteiger partial charge < -0.3 is 5.73 Å². The summed E-state index contributed by atoms with van der Waals surface area (Å²) in [5.74, 6) is -0.0345. The van der Waals surface area contributed by atoms with Gasteiger partial charge >= 0.3 is 0 Å². The van der Waals surface area contributed by atoms with Crippen LogP contribution in [0.5, 0.6) is 0 Å². The fourth-order valence-electron chi connectivity index (χ4n) is 1.01. The Balaban J connectivity index is 3.36. The third-order valence-corrected chi connectivity index (χ3v) is 3.29. The van der Waals surface area contributed by atoms with Crippen molar-refractivity contribution in [2.75, 3.05) is 5.88 Å². The highest BCUT2D eigenvalue weighted by molar-refractivity contribution is 9.11. The van der Waals surface area contributed by atoms with Gasteiger partial charge in [0.1, 0.15) is 5.84 Å².